The highest BCUT2D eigenvalue weighted by molar-refractivity contribution is 7.95. The Hall–Kier alpha value is -2.79. The van der Waals surface area contributed by atoms with Crippen molar-refractivity contribution in [3.8, 4) is 0 Å². The minimum Gasteiger partial charge on any atom is -1.00 e. The van der Waals surface area contributed by atoms with E-state index < -0.39 is 13.2 Å². The summed E-state index contributed by atoms with van der Waals surface area (Å²) in [6.07, 6.45) is 2.84. The van der Waals surface area contributed by atoms with Crippen LogP contribution in [0.2, 0.25) is 0 Å². The second-order valence-electron chi connectivity index (χ2n) is 9.74. The highest BCUT2D eigenvalue weighted by Crippen LogP contribution is 2.58. The van der Waals surface area contributed by atoms with Gasteiger partial charge in [0, 0.05) is 9.75 Å². The number of aliphatic carboxylic acids is 1. The van der Waals surface area contributed by atoms with Gasteiger partial charge in [0.05, 0.1) is 0 Å². The Bertz CT molecular complexity index is 1320. The fourth-order valence-corrected chi connectivity index (χ4v) is 11.5. The van der Waals surface area contributed by atoms with E-state index in [1.807, 2.05) is 17.4 Å². The van der Waals surface area contributed by atoms with Crippen LogP contribution in [0.25, 0.3) is 0 Å². The number of carboxylic acid groups (broad SMARTS) is 1. The summed E-state index contributed by atoms with van der Waals surface area (Å²) in [4.78, 5) is 13.5. The Labute approximate surface area is 251 Å². The lowest BCUT2D eigenvalue weighted by atomic mass is 10.0. The molecule has 40 heavy (non-hydrogen) atoms. The summed E-state index contributed by atoms with van der Waals surface area (Å²) >= 11 is 3.61. The van der Waals surface area contributed by atoms with Crippen LogP contribution in [0.1, 0.15) is 16.2 Å². The number of hydrogen-bond acceptors (Lipinski definition) is 4. The minimum absolute atomic E-state index is 0. The molecule has 2 atom stereocenters. The molecule has 0 radical (unpaired) electrons. The average Bonchev–Trinajstić information content (AvgIpc) is 3.78. The van der Waals surface area contributed by atoms with Gasteiger partial charge in [-0.3, -0.25) is 4.79 Å². The maximum absolute atomic E-state index is 10.7. The molecule has 1 saturated heterocycles. The van der Waals surface area contributed by atoms with E-state index in [1.54, 1.807) is 11.3 Å². The van der Waals surface area contributed by atoms with E-state index in [1.165, 1.54) is 25.7 Å². The van der Waals surface area contributed by atoms with E-state index in [4.69, 9.17) is 5.11 Å². The van der Waals surface area contributed by atoms with Crippen LogP contribution in [0.15, 0.2) is 126 Å². The van der Waals surface area contributed by atoms with Crippen molar-refractivity contribution in [3.63, 3.8) is 0 Å². The first-order chi connectivity index (χ1) is 19.1. The summed E-state index contributed by atoms with van der Waals surface area (Å²) in [6.45, 7) is 0.828. The molecule has 6 rings (SSSR count). The number of carbonyl (C=O) groups is 1. The maximum Gasteiger partial charge on any atom is 0.320 e. The van der Waals surface area contributed by atoms with Crippen LogP contribution < -0.4 is 33.6 Å². The second-order valence-corrected chi connectivity index (χ2v) is 15.3. The van der Waals surface area contributed by atoms with Crippen molar-refractivity contribution in [2.45, 2.75) is 25.0 Å². The molecule has 0 unspecified atom stereocenters. The SMILES string of the molecule is O=C(O)[C@@H]1C[C@H](Cc2cccs2)CN1.[Cl-].c1ccc([P+](Cc2cccs2)(c2ccccc2)c2ccccc2)cc1. The zero-order valence-electron chi connectivity index (χ0n) is 22.1. The van der Waals surface area contributed by atoms with Gasteiger partial charge in [-0.2, -0.15) is 0 Å². The van der Waals surface area contributed by atoms with Gasteiger partial charge in [-0.25, -0.2) is 0 Å². The van der Waals surface area contributed by atoms with Crippen LogP contribution >= 0.6 is 29.9 Å². The first-order valence-electron chi connectivity index (χ1n) is 13.2. The van der Waals surface area contributed by atoms with E-state index in [0.29, 0.717) is 5.92 Å². The van der Waals surface area contributed by atoms with Gasteiger partial charge in [0.1, 0.15) is 35.4 Å². The van der Waals surface area contributed by atoms with Gasteiger partial charge < -0.3 is 22.8 Å². The molecule has 0 saturated carbocycles. The van der Waals surface area contributed by atoms with Crippen molar-refractivity contribution < 1.29 is 22.3 Å². The van der Waals surface area contributed by atoms with E-state index in [9.17, 15) is 4.79 Å². The highest BCUT2D eigenvalue weighted by atomic mass is 35.5. The lowest BCUT2D eigenvalue weighted by Crippen LogP contribution is -3.00. The molecule has 0 bridgehead atoms. The normalized spacial score (nSPS) is 16.4. The molecule has 0 aliphatic carbocycles. The van der Waals surface area contributed by atoms with Gasteiger partial charge in [-0.15, -0.1) is 22.7 Å². The van der Waals surface area contributed by atoms with Crippen LogP contribution in [0, 0.1) is 5.92 Å². The summed E-state index contributed by atoms with van der Waals surface area (Å²) in [5.41, 5.74) is 0. The minimum atomic E-state index is -1.73. The van der Waals surface area contributed by atoms with Crippen molar-refractivity contribution in [2.75, 3.05) is 6.54 Å². The molecule has 2 N–H and O–H groups in total. The molecule has 1 aliphatic heterocycles. The quantitative estimate of drug-likeness (QED) is 0.266. The summed E-state index contributed by atoms with van der Waals surface area (Å²) in [7, 11) is -1.73. The van der Waals surface area contributed by atoms with E-state index >= 15 is 0 Å². The molecule has 2 aromatic heterocycles. The number of rotatable bonds is 8. The van der Waals surface area contributed by atoms with Gasteiger partial charge in [0.2, 0.25) is 0 Å². The monoisotopic (exact) mass is 605 g/mol. The first kappa shape index (κ1) is 30.2. The topological polar surface area (TPSA) is 49.3 Å². The number of thiophene rings is 2. The molecule has 1 fully saturated rings. The number of benzene rings is 3. The third kappa shape index (κ3) is 7.28. The fraction of sp³-hybridized carbons (Fsp3) is 0.182. The summed E-state index contributed by atoms with van der Waals surface area (Å²) < 4.78 is 0. The van der Waals surface area contributed by atoms with Gasteiger partial charge >= 0.3 is 5.97 Å². The van der Waals surface area contributed by atoms with Crippen molar-refractivity contribution >= 4 is 51.8 Å². The summed E-state index contributed by atoms with van der Waals surface area (Å²) in [6, 6.07) is 41.4. The zero-order chi connectivity index (χ0) is 26.9. The van der Waals surface area contributed by atoms with Crippen molar-refractivity contribution in [2.24, 2.45) is 5.92 Å². The number of hydrogen-bond donors (Lipinski definition) is 2. The Kier molecular flexibility index (Phi) is 11.1. The summed E-state index contributed by atoms with van der Waals surface area (Å²) in [5.74, 6) is -0.242. The van der Waals surface area contributed by atoms with Crippen LogP contribution in [0.4, 0.5) is 0 Å². The predicted molar refractivity (Wildman–Crippen MR) is 169 cm³/mol. The van der Waals surface area contributed by atoms with E-state index in [0.717, 1.165) is 25.5 Å². The van der Waals surface area contributed by atoms with Crippen molar-refractivity contribution in [1.29, 1.82) is 0 Å². The number of nitrogens with one attached hydrogen (secondary N) is 1. The molecular weight excluding hydrogens is 573 g/mol. The predicted octanol–water partition coefficient (Wildman–Crippen LogP) is 3.60. The smallest absolute Gasteiger partial charge is 0.320 e. The molecule has 7 heteroatoms. The fourth-order valence-electron chi connectivity index (χ4n) is 5.27. The van der Waals surface area contributed by atoms with Gasteiger partial charge in [-0.05, 0) is 84.6 Å². The molecule has 206 valence electrons. The summed E-state index contributed by atoms with van der Waals surface area (Å²) in [5, 5.41) is 20.4. The molecular formula is C33H33ClNO2PS2. The largest absolute Gasteiger partial charge is 1.00 e. The van der Waals surface area contributed by atoms with Crippen LogP contribution in [-0.2, 0) is 17.4 Å². The van der Waals surface area contributed by atoms with Crippen molar-refractivity contribution in [1.82, 2.24) is 5.32 Å². The van der Waals surface area contributed by atoms with E-state index in [2.05, 4.69) is 125 Å². The highest BCUT2D eigenvalue weighted by Gasteiger charge is 2.45. The van der Waals surface area contributed by atoms with Crippen molar-refractivity contribution in [3.05, 3.63) is 136 Å². The van der Waals surface area contributed by atoms with Gasteiger partial charge in [-0.1, -0.05) is 66.7 Å². The molecule has 0 amide bonds. The third-order valence-electron chi connectivity index (χ3n) is 7.15. The standard InChI is InChI=1S/C23H20PS.C10H13NO2S.ClH/c1-4-11-20(12-5-1)24(19-23-17-10-18-25-23,21-13-6-2-7-14-21)22-15-8-3-9-16-22;12-10(13)9-5-7(6-11-9)4-8-2-1-3-14-8;/h1-18H,19H2;1-3,7,9,11H,4-6H2,(H,12,13);1H/q+1;;/p-1/t;7-,9-;/m.0./s1. The molecule has 5 aromatic rings. The number of halogens is 1. The molecule has 3 aromatic carbocycles. The Morgan fingerprint density at radius 3 is 1.60 bits per heavy atom. The van der Waals surface area contributed by atoms with E-state index in [-0.39, 0.29) is 18.4 Å². The first-order valence-corrected chi connectivity index (χ1v) is 16.9. The molecule has 3 heterocycles. The average molecular weight is 606 g/mol. The Balaban J connectivity index is 0.000000210. The molecule has 3 nitrogen and oxygen atoms in total. The third-order valence-corrected chi connectivity index (χ3v) is 13.5. The Morgan fingerprint density at radius 1 is 0.725 bits per heavy atom. The second kappa shape index (κ2) is 14.7. The lowest BCUT2D eigenvalue weighted by Gasteiger charge is -2.27. The van der Waals surface area contributed by atoms with Gasteiger partial charge in [0.25, 0.3) is 0 Å². The van der Waals surface area contributed by atoms with Crippen LogP contribution in [0.5, 0.6) is 0 Å². The van der Waals surface area contributed by atoms with Crippen LogP contribution in [0.3, 0.4) is 0 Å². The van der Waals surface area contributed by atoms with Gasteiger partial charge in [0.15, 0.2) is 0 Å². The number of carboxylic acids is 1. The van der Waals surface area contributed by atoms with Crippen LogP contribution in [-0.4, -0.2) is 23.7 Å². The maximum atomic E-state index is 10.7. The zero-order valence-corrected chi connectivity index (χ0v) is 25.4. The molecule has 0 spiro atoms. The Morgan fingerprint density at radius 2 is 1.20 bits per heavy atom. The lowest BCUT2D eigenvalue weighted by molar-refractivity contribution is -0.139. The molecule has 1 aliphatic rings.